The van der Waals surface area contributed by atoms with Crippen molar-refractivity contribution in [2.75, 3.05) is 11.1 Å². The van der Waals surface area contributed by atoms with Gasteiger partial charge in [0, 0.05) is 11.3 Å². The van der Waals surface area contributed by atoms with Crippen molar-refractivity contribution in [2.24, 2.45) is 23.7 Å². The number of allylic oxidation sites excluding steroid dienone is 2. The average Bonchev–Trinajstić information content (AvgIpc) is 3.51. The van der Waals surface area contributed by atoms with E-state index in [2.05, 4.69) is 10.3 Å². The highest BCUT2D eigenvalue weighted by Gasteiger charge is 2.51. The summed E-state index contributed by atoms with van der Waals surface area (Å²) in [5.41, 5.74) is 2.11. The van der Waals surface area contributed by atoms with Crippen molar-refractivity contribution < 1.29 is 19.5 Å². The van der Waals surface area contributed by atoms with Crippen LogP contribution in [0.3, 0.4) is 0 Å². The number of hydrogen-bond donors (Lipinski definition) is 2. The maximum Gasteiger partial charge on any atom is 0.307 e. The van der Waals surface area contributed by atoms with E-state index in [0.717, 1.165) is 21.0 Å². The van der Waals surface area contributed by atoms with E-state index < -0.39 is 17.8 Å². The Labute approximate surface area is 192 Å². The number of carbonyl (C=O) groups excluding carboxylic acids is 2. The molecule has 0 aliphatic heterocycles. The molecule has 6 nitrogen and oxygen atoms in total. The molecule has 2 aliphatic rings. The van der Waals surface area contributed by atoms with Crippen LogP contribution >= 0.6 is 23.1 Å². The van der Waals surface area contributed by atoms with Crippen molar-refractivity contribution in [3.63, 3.8) is 0 Å². The summed E-state index contributed by atoms with van der Waals surface area (Å²) in [7, 11) is 0. The number of fused-ring (bicyclic) bond motifs is 3. The standard InChI is InChI=1S/C24H20N2O4S2/c27-18(13-4-2-1-3-5-13)12-31-24-26-17-9-8-16(11-19(17)32-24)25-22(28)20-14-6-7-15(10-14)21(20)23(29)30/h1-9,11,14-15,20-21H,10,12H2,(H,25,28)(H,29,30)/t14-,15-,20+,21+/m0/s1. The van der Waals surface area contributed by atoms with Crippen LogP contribution in [0.2, 0.25) is 0 Å². The van der Waals surface area contributed by atoms with E-state index in [1.165, 1.54) is 23.1 Å². The van der Waals surface area contributed by atoms with E-state index in [1.807, 2.05) is 42.5 Å². The lowest BCUT2D eigenvalue weighted by atomic mass is 9.82. The summed E-state index contributed by atoms with van der Waals surface area (Å²) in [6.45, 7) is 0. The molecule has 1 fully saturated rings. The summed E-state index contributed by atoms with van der Waals surface area (Å²) in [6, 6.07) is 14.6. The summed E-state index contributed by atoms with van der Waals surface area (Å²) in [5.74, 6) is -2.09. The van der Waals surface area contributed by atoms with Crippen molar-refractivity contribution >= 4 is 56.7 Å². The Hall–Kier alpha value is -2.97. The number of anilines is 1. The highest BCUT2D eigenvalue weighted by Crippen LogP contribution is 2.48. The normalized spacial score (nSPS) is 23.5. The zero-order chi connectivity index (χ0) is 22.2. The summed E-state index contributed by atoms with van der Waals surface area (Å²) >= 11 is 2.87. The molecule has 5 rings (SSSR count). The number of nitrogens with one attached hydrogen (secondary N) is 1. The number of amides is 1. The average molecular weight is 465 g/mol. The van der Waals surface area contributed by atoms with Crippen LogP contribution in [-0.2, 0) is 9.59 Å². The molecule has 2 aromatic carbocycles. The topological polar surface area (TPSA) is 96.4 Å². The maximum absolute atomic E-state index is 12.9. The van der Waals surface area contributed by atoms with Crippen molar-refractivity contribution in [3.05, 3.63) is 66.2 Å². The van der Waals surface area contributed by atoms with Gasteiger partial charge in [-0.1, -0.05) is 54.2 Å². The molecule has 1 aromatic heterocycles. The van der Waals surface area contributed by atoms with Gasteiger partial charge >= 0.3 is 5.97 Å². The molecule has 0 radical (unpaired) electrons. The van der Waals surface area contributed by atoms with Gasteiger partial charge in [-0.25, -0.2) is 4.98 Å². The molecule has 0 spiro atoms. The Morgan fingerprint density at radius 1 is 1.06 bits per heavy atom. The fourth-order valence-electron chi connectivity index (χ4n) is 4.62. The monoisotopic (exact) mass is 464 g/mol. The molecule has 1 amide bonds. The summed E-state index contributed by atoms with van der Waals surface area (Å²) in [4.78, 5) is 41.5. The van der Waals surface area contributed by atoms with Gasteiger partial charge in [0.25, 0.3) is 0 Å². The summed E-state index contributed by atoms with van der Waals surface area (Å²) in [6.07, 6.45) is 4.63. The van der Waals surface area contributed by atoms with Gasteiger partial charge in [-0.2, -0.15) is 0 Å². The van der Waals surface area contributed by atoms with Crippen LogP contribution < -0.4 is 5.32 Å². The second kappa shape index (κ2) is 8.52. The van der Waals surface area contributed by atoms with E-state index in [1.54, 1.807) is 18.2 Å². The number of carboxylic acid groups (broad SMARTS) is 1. The number of hydrogen-bond acceptors (Lipinski definition) is 6. The minimum atomic E-state index is -0.911. The Morgan fingerprint density at radius 2 is 1.81 bits per heavy atom. The molecule has 1 saturated carbocycles. The van der Waals surface area contributed by atoms with Crippen molar-refractivity contribution in [2.45, 2.75) is 10.8 Å². The Balaban J connectivity index is 1.27. The number of aliphatic carboxylic acids is 1. The number of thioether (sulfide) groups is 1. The predicted octanol–water partition coefficient (Wildman–Crippen LogP) is 4.73. The molecule has 4 atom stereocenters. The number of benzene rings is 2. The number of carboxylic acids is 1. The van der Waals surface area contributed by atoms with Gasteiger partial charge in [0.15, 0.2) is 10.1 Å². The third-order valence-corrected chi connectivity index (χ3v) is 8.27. The first-order chi connectivity index (χ1) is 15.5. The number of rotatable bonds is 7. The summed E-state index contributed by atoms with van der Waals surface area (Å²) in [5, 5.41) is 12.5. The Kier molecular flexibility index (Phi) is 5.57. The predicted molar refractivity (Wildman–Crippen MR) is 125 cm³/mol. The zero-order valence-corrected chi connectivity index (χ0v) is 18.6. The van der Waals surface area contributed by atoms with Gasteiger partial charge in [-0.15, -0.1) is 11.3 Å². The van der Waals surface area contributed by atoms with Crippen LogP contribution in [0.4, 0.5) is 5.69 Å². The van der Waals surface area contributed by atoms with Gasteiger partial charge in [-0.05, 0) is 36.5 Å². The molecule has 162 valence electrons. The molecule has 2 N–H and O–H groups in total. The number of Topliss-reactive ketones (excluding diaryl/α,β-unsaturated/α-hetero) is 1. The molecule has 2 bridgehead atoms. The molecular weight excluding hydrogens is 444 g/mol. The first kappa shape index (κ1) is 20.9. The third-order valence-electron chi connectivity index (χ3n) is 6.11. The zero-order valence-electron chi connectivity index (χ0n) is 16.9. The van der Waals surface area contributed by atoms with Crippen LogP contribution in [-0.4, -0.2) is 33.5 Å². The van der Waals surface area contributed by atoms with E-state index in [-0.39, 0.29) is 23.5 Å². The second-order valence-electron chi connectivity index (χ2n) is 8.07. The van der Waals surface area contributed by atoms with Crippen molar-refractivity contribution in [1.29, 1.82) is 0 Å². The van der Waals surface area contributed by atoms with Gasteiger partial charge in [0.05, 0.1) is 27.8 Å². The van der Waals surface area contributed by atoms with Crippen LogP contribution in [0.15, 0.2) is 65.0 Å². The number of carbonyl (C=O) groups is 3. The van der Waals surface area contributed by atoms with Crippen LogP contribution in [0, 0.1) is 23.7 Å². The van der Waals surface area contributed by atoms with Gasteiger partial charge < -0.3 is 10.4 Å². The van der Waals surface area contributed by atoms with E-state index in [9.17, 15) is 19.5 Å². The molecule has 2 aliphatic carbocycles. The Morgan fingerprint density at radius 3 is 2.56 bits per heavy atom. The quantitative estimate of drug-likeness (QED) is 0.298. The highest BCUT2D eigenvalue weighted by molar-refractivity contribution is 8.01. The van der Waals surface area contributed by atoms with E-state index >= 15 is 0 Å². The van der Waals surface area contributed by atoms with E-state index in [4.69, 9.17) is 0 Å². The molecule has 8 heteroatoms. The molecule has 0 unspecified atom stereocenters. The van der Waals surface area contributed by atoms with Gasteiger partial charge in [0.1, 0.15) is 0 Å². The lowest BCUT2D eigenvalue weighted by molar-refractivity contribution is -0.146. The molecule has 0 saturated heterocycles. The number of nitrogens with zero attached hydrogens (tertiary/aromatic N) is 1. The third kappa shape index (κ3) is 3.96. The molecule has 32 heavy (non-hydrogen) atoms. The highest BCUT2D eigenvalue weighted by atomic mass is 32.2. The SMILES string of the molecule is O=C(CSc1nc2ccc(NC(=O)[C@H]3[C@H](C(=O)O)[C@H]4C=C[C@H]3C4)cc2s1)c1ccccc1. The minimum Gasteiger partial charge on any atom is -0.481 e. The molecule has 3 aromatic rings. The minimum absolute atomic E-state index is 0.0154. The largest absolute Gasteiger partial charge is 0.481 e. The lowest BCUT2D eigenvalue weighted by Crippen LogP contribution is -2.36. The lowest BCUT2D eigenvalue weighted by Gasteiger charge is -2.23. The van der Waals surface area contributed by atoms with E-state index in [0.29, 0.717) is 17.0 Å². The van der Waals surface area contributed by atoms with Crippen LogP contribution in [0.25, 0.3) is 10.2 Å². The van der Waals surface area contributed by atoms with Gasteiger partial charge in [-0.3, -0.25) is 14.4 Å². The van der Waals surface area contributed by atoms with Crippen LogP contribution in [0.1, 0.15) is 16.8 Å². The maximum atomic E-state index is 12.9. The van der Waals surface area contributed by atoms with Gasteiger partial charge in [0.2, 0.25) is 5.91 Å². The second-order valence-corrected chi connectivity index (χ2v) is 10.3. The summed E-state index contributed by atoms with van der Waals surface area (Å²) < 4.78 is 1.69. The van der Waals surface area contributed by atoms with Crippen molar-refractivity contribution in [1.82, 2.24) is 4.98 Å². The smallest absolute Gasteiger partial charge is 0.307 e. The fraction of sp³-hybridized carbons (Fsp3) is 0.250. The fourth-order valence-corrected chi connectivity index (χ4v) is 6.62. The number of ketones is 1. The number of aromatic nitrogens is 1. The molecule has 1 heterocycles. The first-order valence-electron chi connectivity index (χ1n) is 10.3. The Bertz CT molecular complexity index is 1240. The van der Waals surface area contributed by atoms with Crippen LogP contribution in [0.5, 0.6) is 0 Å². The number of thiazole rings is 1. The first-order valence-corrected chi connectivity index (χ1v) is 12.1. The van der Waals surface area contributed by atoms with Crippen molar-refractivity contribution in [3.8, 4) is 0 Å². The molecular formula is C24H20N2O4S2.